The molecule has 5 heteroatoms. The van der Waals surface area contributed by atoms with Gasteiger partial charge in [-0.3, -0.25) is 9.59 Å². The maximum Gasteiger partial charge on any atom is 0.256 e. The Bertz CT molecular complexity index is 757. The molecule has 1 heterocycles. The number of ether oxygens (including phenoxy) is 1. The minimum atomic E-state index is -0.585. The van der Waals surface area contributed by atoms with Gasteiger partial charge in [-0.15, -0.1) is 0 Å². The second-order valence-electron chi connectivity index (χ2n) is 5.46. The third-order valence-electron chi connectivity index (χ3n) is 3.94. The number of imide groups is 1. The minimum absolute atomic E-state index is 0.130. The summed E-state index contributed by atoms with van der Waals surface area (Å²) in [4.78, 5) is 26.3. The molecule has 0 radical (unpaired) electrons. The molecule has 1 aliphatic rings. The number of nitrogens with zero attached hydrogens (tertiary/aromatic N) is 1. The van der Waals surface area contributed by atoms with Gasteiger partial charge in [-0.05, 0) is 30.7 Å². The largest absolute Gasteiger partial charge is 0.495 e. The van der Waals surface area contributed by atoms with Crippen LogP contribution in [0.4, 0.5) is 11.4 Å². The number of para-hydroxylation sites is 3. The minimum Gasteiger partial charge on any atom is -0.495 e. The highest BCUT2D eigenvalue weighted by molar-refractivity contribution is 6.23. The highest BCUT2D eigenvalue weighted by atomic mass is 16.5. The first-order valence-corrected chi connectivity index (χ1v) is 7.44. The maximum atomic E-state index is 12.7. The second kappa shape index (κ2) is 6.12. The van der Waals surface area contributed by atoms with E-state index in [0.717, 1.165) is 5.56 Å². The molecule has 0 saturated carbocycles. The van der Waals surface area contributed by atoms with E-state index < -0.39 is 6.04 Å². The molecule has 2 aromatic carbocycles. The fourth-order valence-electron chi connectivity index (χ4n) is 2.76. The van der Waals surface area contributed by atoms with Gasteiger partial charge in [-0.2, -0.15) is 0 Å². The zero-order chi connectivity index (χ0) is 16.4. The number of carbonyl (C=O) groups excluding carboxylic acids is 2. The Morgan fingerprint density at radius 2 is 1.78 bits per heavy atom. The lowest BCUT2D eigenvalue weighted by Gasteiger charge is -2.18. The average molecular weight is 310 g/mol. The van der Waals surface area contributed by atoms with Crippen molar-refractivity contribution in [2.24, 2.45) is 0 Å². The molecule has 5 nitrogen and oxygen atoms in total. The Hall–Kier alpha value is -2.82. The van der Waals surface area contributed by atoms with Crippen LogP contribution in [0.1, 0.15) is 12.0 Å². The van der Waals surface area contributed by atoms with Crippen molar-refractivity contribution in [2.75, 3.05) is 17.3 Å². The van der Waals surface area contributed by atoms with Crippen LogP contribution in [0.5, 0.6) is 5.75 Å². The average Bonchev–Trinajstić information content (AvgIpc) is 2.83. The molecule has 118 valence electrons. The number of carbonyl (C=O) groups is 2. The number of aryl methyl sites for hydroxylation is 1. The highest BCUT2D eigenvalue weighted by Crippen LogP contribution is 2.30. The smallest absolute Gasteiger partial charge is 0.256 e. The number of benzene rings is 2. The van der Waals surface area contributed by atoms with Crippen molar-refractivity contribution in [3.63, 3.8) is 0 Å². The summed E-state index contributed by atoms with van der Waals surface area (Å²) in [6.07, 6.45) is 0.130. The van der Waals surface area contributed by atoms with Crippen LogP contribution in [0.25, 0.3) is 0 Å². The lowest BCUT2D eigenvalue weighted by molar-refractivity contribution is -0.121. The van der Waals surface area contributed by atoms with E-state index in [0.29, 0.717) is 17.1 Å². The topological polar surface area (TPSA) is 58.6 Å². The van der Waals surface area contributed by atoms with Crippen molar-refractivity contribution in [1.29, 1.82) is 0 Å². The first-order chi connectivity index (χ1) is 11.1. The lowest BCUT2D eigenvalue weighted by Crippen LogP contribution is -2.35. The summed E-state index contributed by atoms with van der Waals surface area (Å²) in [5.41, 5.74) is 2.24. The van der Waals surface area contributed by atoms with Crippen molar-refractivity contribution in [1.82, 2.24) is 0 Å². The Morgan fingerprint density at radius 3 is 2.52 bits per heavy atom. The Balaban J connectivity index is 1.86. The molecule has 1 fully saturated rings. The third-order valence-corrected chi connectivity index (χ3v) is 3.94. The van der Waals surface area contributed by atoms with Gasteiger partial charge in [-0.1, -0.05) is 30.3 Å². The van der Waals surface area contributed by atoms with Crippen LogP contribution in [-0.2, 0) is 9.59 Å². The molecule has 0 unspecified atom stereocenters. The SMILES string of the molecule is COc1ccccc1N[C@@H]1CC(=O)N(c2ccccc2C)C1=O. The number of methoxy groups -OCH3 is 1. The van der Waals surface area contributed by atoms with Crippen LogP contribution in [0.15, 0.2) is 48.5 Å². The van der Waals surface area contributed by atoms with Crippen LogP contribution in [-0.4, -0.2) is 25.0 Å². The van der Waals surface area contributed by atoms with Gasteiger partial charge in [0.15, 0.2) is 0 Å². The summed E-state index contributed by atoms with van der Waals surface area (Å²) >= 11 is 0. The van der Waals surface area contributed by atoms with Gasteiger partial charge in [-0.25, -0.2) is 4.90 Å². The zero-order valence-electron chi connectivity index (χ0n) is 13.1. The van der Waals surface area contributed by atoms with E-state index in [-0.39, 0.29) is 18.2 Å². The second-order valence-corrected chi connectivity index (χ2v) is 5.46. The van der Waals surface area contributed by atoms with Gasteiger partial charge >= 0.3 is 0 Å². The van der Waals surface area contributed by atoms with Crippen LogP contribution in [0.2, 0.25) is 0 Å². The first kappa shape index (κ1) is 15.1. The van der Waals surface area contributed by atoms with Crippen LogP contribution in [0, 0.1) is 6.92 Å². The van der Waals surface area contributed by atoms with Crippen molar-refractivity contribution in [3.8, 4) is 5.75 Å². The molecular formula is C18H18N2O3. The molecule has 1 N–H and O–H groups in total. The molecule has 0 spiro atoms. The molecule has 1 saturated heterocycles. The van der Waals surface area contributed by atoms with Gasteiger partial charge in [0.25, 0.3) is 5.91 Å². The maximum absolute atomic E-state index is 12.7. The van der Waals surface area contributed by atoms with Gasteiger partial charge in [0.2, 0.25) is 5.91 Å². The van der Waals surface area contributed by atoms with Crippen molar-refractivity contribution in [2.45, 2.75) is 19.4 Å². The molecule has 0 bridgehead atoms. The van der Waals surface area contributed by atoms with Crippen molar-refractivity contribution < 1.29 is 14.3 Å². The molecule has 1 atom stereocenters. The molecular weight excluding hydrogens is 292 g/mol. The molecule has 2 aromatic rings. The van der Waals surface area contributed by atoms with E-state index in [1.54, 1.807) is 13.2 Å². The number of anilines is 2. The Morgan fingerprint density at radius 1 is 1.09 bits per heavy atom. The van der Waals surface area contributed by atoms with Gasteiger partial charge < -0.3 is 10.1 Å². The van der Waals surface area contributed by atoms with Crippen molar-refractivity contribution in [3.05, 3.63) is 54.1 Å². The summed E-state index contributed by atoms with van der Waals surface area (Å²) < 4.78 is 5.28. The molecule has 2 amide bonds. The number of rotatable bonds is 4. The monoisotopic (exact) mass is 310 g/mol. The fraction of sp³-hybridized carbons (Fsp3) is 0.222. The van der Waals surface area contributed by atoms with Crippen LogP contribution < -0.4 is 15.0 Å². The van der Waals surface area contributed by atoms with Crippen LogP contribution in [0.3, 0.4) is 0 Å². The lowest BCUT2D eigenvalue weighted by atomic mass is 10.2. The standard InChI is InChI=1S/C18H18N2O3/c1-12-7-3-5-9-15(12)20-17(21)11-14(18(20)22)19-13-8-4-6-10-16(13)23-2/h3-10,14,19H,11H2,1-2H3/t14-/m1/s1. The molecule has 3 rings (SSSR count). The predicted octanol–water partition coefficient (Wildman–Crippen LogP) is 2.75. The Kier molecular flexibility index (Phi) is 4.02. The van der Waals surface area contributed by atoms with E-state index in [1.807, 2.05) is 49.4 Å². The van der Waals surface area contributed by atoms with Gasteiger partial charge in [0.05, 0.1) is 24.9 Å². The number of hydrogen-bond donors (Lipinski definition) is 1. The van der Waals surface area contributed by atoms with Crippen molar-refractivity contribution >= 4 is 23.2 Å². The van der Waals surface area contributed by atoms with Gasteiger partial charge in [0.1, 0.15) is 11.8 Å². The normalized spacial score (nSPS) is 17.5. The summed E-state index contributed by atoms with van der Waals surface area (Å²) in [5.74, 6) is 0.203. The van der Waals surface area contributed by atoms with E-state index in [4.69, 9.17) is 4.74 Å². The fourth-order valence-corrected chi connectivity index (χ4v) is 2.76. The molecule has 0 aromatic heterocycles. The number of nitrogens with one attached hydrogen (secondary N) is 1. The highest BCUT2D eigenvalue weighted by Gasteiger charge is 2.40. The van der Waals surface area contributed by atoms with E-state index >= 15 is 0 Å². The molecule has 23 heavy (non-hydrogen) atoms. The molecule has 1 aliphatic heterocycles. The number of amides is 2. The summed E-state index contributed by atoms with van der Waals surface area (Å²) in [6.45, 7) is 1.89. The van der Waals surface area contributed by atoms with E-state index in [1.165, 1.54) is 4.90 Å². The first-order valence-electron chi connectivity index (χ1n) is 7.44. The Labute approximate surface area is 134 Å². The van der Waals surface area contributed by atoms with E-state index in [9.17, 15) is 9.59 Å². The van der Waals surface area contributed by atoms with E-state index in [2.05, 4.69) is 5.32 Å². The summed E-state index contributed by atoms with van der Waals surface area (Å²) in [6, 6.07) is 14.1. The molecule has 0 aliphatic carbocycles. The summed E-state index contributed by atoms with van der Waals surface area (Å²) in [7, 11) is 1.57. The quantitative estimate of drug-likeness (QED) is 0.882. The summed E-state index contributed by atoms with van der Waals surface area (Å²) in [5, 5.41) is 3.12. The third kappa shape index (κ3) is 2.77. The van der Waals surface area contributed by atoms with Gasteiger partial charge in [0, 0.05) is 0 Å². The number of hydrogen-bond acceptors (Lipinski definition) is 4. The van der Waals surface area contributed by atoms with Crippen LogP contribution >= 0.6 is 0 Å². The zero-order valence-corrected chi connectivity index (χ0v) is 13.1. The predicted molar refractivity (Wildman–Crippen MR) is 88.7 cm³/mol.